The van der Waals surface area contributed by atoms with Crippen molar-refractivity contribution in [3.63, 3.8) is 0 Å². The van der Waals surface area contributed by atoms with Gasteiger partial charge in [0.1, 0.15) is 5.82 Å². The second-order valence-electron chi connectivity index (χ2n) is 6.89. The second kappa shape index (κ2) is 7.72. The quantitative estimate of drug-likeness (QED) is 0.779. The van der Waals surface area contributed by atoms with Crippen molar-refractivity contribution in [2.24, 2.45) is 5.92 Å². The summed E-state index contributed by atoms with van der Waals surface area (Å²) in [5, 5.41) is 14.9. The highest BCUT2D eigenvalue weighted by Gasteiger charge is 2.29. The lowest BCUT2D eigenvalue weighted by atomic mass is 9.86. The van der Waals surface area contributed by atoms with Crippen LogP contribution in [0.1, 0.15) is 32.1 Å². The lowest BCUT2D eigenvalue weighted by Crippen LogP contribution is -2.48. The molecule has 1 aliphatic carbocycles. The van der Waals surface area contributed by atoms with Crippen LogP contribution in [0.2, 0.25) is 0 Å². The normalized spacial score (nSPS) is 26.3. The molecule has 1 aromatic rings. The van der Waals surface area contributed by atoms with Gasteiger partial charge in [-0.25, -0.2) is 9.18 Å². The summed E-state index contributed by atoms with van der Waals surface area (Å²) in [6, 6.07) is 6.44. The number of nitrogens with one attached hydrogen (secondary N) is 2. The third-order valence-electron chi connectivity index (χ3n) is 5.13. The van der Waals surface area contributed by atoms with Crippen LogP contribution in [0.3, 0.4) is 0 Å². The molecular weight excluding hydrogens is 325 g/mol. The van der Waals surface area contributed by atoms with Crippen molar-refractivity contribution in [3.8, 4) is 0 Å². The molecule has 1 atom stereocenters. The molecule has 1 unspecified atom stereocenters. The first-order valence-electron chi connectivity index (χ1n) is 8.82. The molecule has 136 valence electrons. The lowest BCUT2D eigenvalue weighted by Gasteiger charge is -2.27. The Morgan fingerprint density at radius 2 is 1.72 bits per heavy atom. The molecule has 0 bridgehead atoms. The number of halogens is 1. The summed E-state index contributed by atoms with van der Waals surface area (Å²) in [5.41, 5.74) is 0.569. The number of carbonyl (C=O) groups excluding carboxylic acids is 1. The summed E-state index contributed by atoms with van der Waals surface area (Å²) in [6.07, 6.45) is 3.36. The predicted octanol–water partition coefficient (Wildman–Crippen LogP) is 2.35. The smallest absolute Gasteiger partial charge is 0.315 e. The number of aliphatic carboxylic acids is 1. The van der Waals surface area contributed by atoms with Gasteiger partial charge in [-0.2, -0.15) is 0 Å². The number of carboxylic acids is 1. The number of para-hydroxylation sites is 1. The number of benzene rings is 1. The Morgan fingerprint density at radius 3 is 2.40 bits per heavy atom. The van der Waals surface area contributed by atoms with Crippen molar-refractivity contribution in [2.75, 3.05) is 18.0 Å². The fraction of sp³-hybridized carbons (Fsp3) is 0.556. The van der Waals surface area contributed by atoms with Gasteiger partial charge in [-0.3, -0.25) is 4.79 Å². The molecule has 2 aliphatic rings. The molecule has 25 heavy (non-hydrogen) atoms. The maximum Gasteiger partial charge on any atom is 0.315 e. The Balaban J connectivity index is 1.44. The van der Waals surface area contributed by atoms with E-state index in [4.69, 9.17) is 5.11 Å². The number of amides is 2. The molecule has 3 N–H and O–H groups in total. The zero-order valence-corrected chi connectivity index (χ0v) is 14.1. The van der Waals surface area contributed by atoms with Crippen molar-refractivity contribution in [1.82, 2.24) is 10.6 Å². The van der Waals surface area contributed by atoms with Crippen LogP contribution < -0.4 is 15.5 Å². The summed E-state index contributed by atoms with van der Waals surface area (Å²) in [4.78, 5) is 25.1. The zero-order valence-electron chi connectivity index (χ0n) is 14.1. The van der Waals surface area contributed by atoms with Crippen molar-refractivity contribution in [2.45, 2.75) is 44.2 Å². The van der Waals surface area contributed by atoms with Crippen LogP contribution in [0.4, 0.5) is 14.9 Å². The fourth-order valence-corrected chi connectivity index (χ4v) is 3.70. The third kappa shape index (κ3) is 4.41. The first-order chi connectivity index (χ1) is 12.0. The van der Waals surface area contributed by atoms with Crippen LogP contribution in [-0.2, 0) is 4.79 Å². The highest BCUT2D eigenvalue weighted by molar-refractivity contribution is 5.75. The monoisotopic (exact) mass is 349 g/mol. The molecule has 0 radical (unpaired) electrons. The van der Waals surface area contributed by atoms with Crippen molar-refractivity contribution >= 4 is 17.7 Å². The predicted molar refractivity (Wildman–Crippen MR) is 92.1 cm³/mol. The topological polar surface area (TPSA) is 81.7 Å². The Hall–Kier alpha value is -2.31. The molecule has 1 saturated carbocycles. The van der Waals surface area contributed by atoms with Gasteiger partial charge in [0.25, 0.3) is 0 Å². The molecule has 2 fully saturated rings. The van der Waals surface area contributed by atoms with Crippen LogP contribution in [0.5, 0.6) is 0 Å². The maximum atomic E-state index is 13.8. The van der Waals surface area contributed by atoms with Gasteiger partial charge in [0, 0.05) is 25.2 Å². The molecular formula is C18H24FN3O3. The molecule has 0 aromatic heterocycles. The van der Waals surface area contributed by atoms with Gasteiger partial charge in [0.05, 0.1) is 11.6 Å². The molecule has 1 heterocycles. The maximum absolute atomic E-state index is 13.8. The molecule has 7 heteroatoms. The van der Waals surface area contributed by atoms with Crippen LogP contribution >= 0.6 is 0 Å². The first kappa shape index (κ1) is 17.5. The van der Waals surface area contributed by atoms with Crippen LogP contribution in [-0.4, -0.2) is 42.3 Å². The van der Waals surface area contributed by atoms with Crippen LogP contribution in [0.15, 0.2) is 24.3 Å². The number of hydrogen-bond donors (Lipinski definition) is 3. The van der Waals surface area contributed by atoms with E-state index in [1.807, 2.05) is 4.90 Å². The van der Waals surface area contributed by atoms with E-state index >= 15 is 0 Å². The average Bonchev–Trinajstić information content (AvgIpc) is 3.03. The third-order valence-corrected chi connectivity index (χ3v) is 5.13. The minimum atomic E-state index is -0.748. The van der Waals surface area contributed by atoms with Gasteiger partial charge in [0.15, 0.2) is 0 Å². The fourth-order valence-electron chi connectivity index (χ4n) is 3.70. The summed E-state index contributed by atoms with van der Waals surface area (Å²) >= 11 is 0. The SMILES string of the molecule is O=C(NC1CCC(C(=O)O)CC1)NC1CCN(c2ccccc2F)C1. The van der Waals surface area contributed by atoms with Gasteiger partial charge >= 0.3 is 12.0 Å². The van der Waals surface area contributed by atoms with Crippen molar-refractivity contribution in [1.29, 1.82) is 0 Å². The summed E-state index contributed by atoms with van der Waals surface area (Å²) in [6.45, 7) is 1.29. The molecule has 1 saturated heterocycles. The summed E-state index contributed by atoms with van der Waals surface area (Å²) in [7, 11) is 0. The minimum absolute atomic E-state index is 0.0186. The number of rotatable bonds is 4. The number of carbonyl (C=O) groups is 2. The van der Waals surface area contributed by atoms with Crippen molar-refractivity contribution in [3.05, 3.63) is 30.1 Å². The Labute approximate surface area is 146 Å². The van der Waals surface area contributed by atoms with Crippen LogP contribution in [0, 0.1) is 11.7 Å². The molecule has 0 spiro atoms. The van der Waals surface area contributed by atoms with E-state index in [2.05, 4.69) is 10.6 Å². The van der Waals surface area contributed by atoms with E-state index in [-0.39, 0.29) is 29.8 Å². The first-order valence-corrected chi connectivity index (χ1v) is 8.82. The number of anilines is 1. The Kier molecular flexibility index (Phi) is 5.40. The van der Waals surface area contributed by atoms with Gasteiger partial charge in [0.2, 0.25) is 0 Å². The Morgan fingerprint density at radius 1 is 1.04 bits per heavy atom. The van der Waals surface area contributed by atoms with E-state index in [1.165, 1.54) is 6.07 Å². The summed E-state index contributed by atoms with van der Waals surface area (Å²) < 4.78 is 13.8. The highest BCUT2D eigenvalue weighted by Crippen LogP contribution is 2.25. The van der Waals surface area contributed by atoms with E-state index in [0.29, 0.717) is 44.5 Å². The van der Waals surface area contributed by atoms with Gasteiger partial charge in [-0.15, -0.1) is 0 Å². The highest BCUT2D eigenvalue weighted by atomic mass is 19.1. The number of nitrogens with zero attached hydrogens (tertiary/aromatic N) is 1. The molecule has 2 amide bonds. The van der Waals surface area contributed by atoms with E-state index in [0.717, 1.165) is 6.42 Å². The van der Waals surface area contributed by atoms with E-state index < -0.39 is 5.97 Å². The zero-order chi connectivity index (χ0) is 17.8. The van der Waals surface area contributed by atoms with Gasteiger partial charge in [-0.1, -0.05) is 12.1 Å². The van der Waals surface area contributed by atoms with E-state index in [9.17, 15) is 14.0 Å². The van der Waals surface area contributed by atoms with Crippen molar-refractivity contribution < 1.29 is 19.1 Å². The number of hydrogen-bond acceptors (Lipinski definition) is 3. The molecule has 1 aliphatic heterocycles. The lowest BCUT2D eigenvalue weighted by molar-refractivity contribution is -0.142. The standard InChI is InChI=1S/C18H24FN3O3/c19-15-3-1-2-4-16(15)22-10-9-14(11-22)21-18(25)20-13-7-5-12(6-8-13)17(23)24/h1-4,12-14H,5-11H2,(H,23,24)(H2,20,21,25). The summed E-state index contributed by atoms with van der Waals surface area (Å²) in [5.74, 6) is -1.28. The average molecular weight is 349 g/mol. The Bertz CT molecular complexity index is 632. The number of carboxylic acid groups (broad SMARTS) is 1. The largest absolute Gasteiger partial charge is 0.481 e. The van der Waals surface area contributed by atoms with Gasteiger partial charge < -0.3 is 20.6 Å². The van der Waals surface area contributed by atoms with Gasteiger partial charge in [-0.05, 0) is 44.2 Å². The molecule has 1 aromatic carbocycles. The molecule has 3 rings (SSSR count). The second-order valence-corrected chi connectivity index (χ2v) is 6.89. The van der Waals surface area contributed by atoms with Crippen LogP contribution in [0.25, 0.3) is 0 Å². The number of urea groups is 1. The molecule has 6 nitrogen and oxygen atoms in total. The minimum Gasteiger partial charge on any atom is -0.481 e. The van der Waals surface area contributed by atoms with E-state index in [1.54, 1.807) is 18.2 Å².